The molecule has 5 nitrogen and oxygen atoms in total. The number of rotatable bonds is 6. The summed E-state index contributed by atoms with van der Waals surface area (Å²) in [6.07, 6.45) is 0.462. The van der Waals surface area contributed by atoms with Crippen molar-refractivity contribution in [3.8, 4) is 0 Å². The zero-order valence-electron chi connectivity index (χ0n) is 15.6. The maximum Gasteiger partial charge on any atom is 0.239 e. The van der Waals surface area contributed by atoms with Crippen LogP contribution in [0.25, 0.3) is 0 Å². The highest BCUT2D eigenvalue weighted by Gasteiger charge is 2.23. The van der Waals surface area contributed by atoms with Crippen molar-refractivity contribution < 1.29 is 9.53 Å². The molecule has 1 fully saturated rings. The third-order valence-corrected chi connectivity index (χ3v) is 6.60. The van der Waals surface area contributed by atoms with Gasteiger partial charge in [0.15, 0.2) is 5.13 Å². The number of nitrogens with zero attached hydrogens (tertiary/aromatic N) is 2. The number of carbonyl (C=O) groups is 1. The number of carbonyl (C=O) groups excluding carboxylic acids is 1. The normalized spacial score (nSPS) is 21.8. The van der Waals surface area contributed by atoms with Gasteiger partial charge in [0.25, 0.3) is 0 Å². The van der Waals surface area contributed by atoms with E-state index in [4.69, 9.17) is 16.3 Å². The summed E-state index contributed by atoms with van der Waals surface area (Å²) < 4.78 is 5.77. The number of amides is 1. The Kier molecular flexibility index (Phi) is 7.16. The molecule has 146 valence electrons. The van der Waals surface area contributed by atoms with Crippen molar-refractivity contribution in [2.45, 2.75) is 49.7 Å². The molecule has 8 heteroatoms. The summed E-state index contributed by atoms with van der Waals surface area (Å²) in [5.41, 5.74) is 0.975. The summed E-state index contributed by atoms with van der Waals surface area (Å²) in [5, 5.41) is 5.95. The Morgan fingerprint density at radius 1 is 1.41 bits per heavy atom. The lowest BCUT2D eigenvalue weighted by molar-refractivity contribution is -0.115. The summed E-state index contributed by atoms with van der Waals surface area (Å²) in [7, 11) is 0. The fourth-order valence-electron chi connectivity index (χ4n) is 3.07. The Labute approximate surface area is 173 Å². The number of anilines is 1. The lowest BCUT2D eigenvalue weighted by Gasteiger charge is -2.34. The molecule has 1 aromatic heterocycles. The summed E-state index contributed by atoms with van der Waals surface area (Å²) in [6, 6.07) is 7.54. The molecule has 2 aromatic rings. The summed E-state index contributed by atoms with van der Waals surface area (Å²) in [6.45, 7) is 8.62. The molecular weight excluding hydrogens is 402 g/mol. The van der Waals surface area contributed by atoms with Gasteiger partial charge in [-0.25, -0.2) is 4.98 Å². The predicted molar refractivity (Wildman–Crippen MR) is 113 cm³/mol. The lowest BCUT2D eigenvalue weighted by atomic mass is 10.2. The van der Waals surface area contributed by atoms with Crippen molar-refractivity contribution in [3.05, 3.63) is 40.4 Å². The average molecular weight is 426 g/mol. The zero-order chi connectivity index (χ0) is 19.4. The Hall–Kier alpha value is -1.12. The molecular formula is C19H24ClN3O2S2. The topological polar surface area (TPSA) is 54.5 Å². The molecule has 1 aromatic carbocycles. The number of ether oxygens (including phenoxy) is 1. The lowest BCUT2D eigenvalue weighted by Crippen LogP contribution is -2.44. The van der Waals surface area contributed by atoms with Gasteiger partial charge in [-0.3, -0.25) is 9.69 Å². The third-order valence-electron chi connectivity index (χ3n) is 4.17. The zero-order valence-corrected chi connectivity index (χ0v) is 18.0. The SMILES string of the molecule is CC1CN(Cc2csc(NC(=O)C(C)Sc3ccccc3Cl)n2)CC(C)O1. The third kappa shape index (κ3) is 5.93. The van der Waals surface area contributed by atoms with Gasteiger partial charge >= 0.3 is 0 Å². The molecule has 27 heavy (non-hydrogen) atoms. The van der Waals surface area contributed by atoms with E-state index in [2.05, 4.69) is 29.0 Å². The molecule has 0 bridgehead atoms. The summed E-state index contributed by atoms with van der Waals surface area (Å²) in [4.78, 5) is 20.3. The minimum absolute atomic E-state index is 0.0746. The van der Waals surface area contributed by atoms with Gasteiger partial charge in [-0.2, -0.15) is 0 Å². The first-order valence-electron chi connectivity index (χ1n) is 8.95. The van der Waals surface area contributed by atoms with Crippen LogP contribution in [-0.4, -0.2) is 46.3 Å². The van der Waals surface area contributed by atoms with Crippen LogP contribution in [0.4, 0.5) is 5.13 Å². The van der Waals surface area contributed by atoms with E-state index in [1.807, 2.05) is 36.6 Å². The molecule has 0 radical (unpaired) electrons. The van der Waals surface area contributed by atoms with E-state index in [9.17, 15) is 4.79 Å². The van der Waals surface area contributed by atoms with Gasteiger partial charge in [0.1, 0.15) is 0 Å². The van der Waals surface area contributed by atoms with Gasteiger partial charge in [-0.1, -0.05) is 23.7 Å². The number of benzene rings is 1. The van der Waals surface area contributed by atoms with E-state index in [1.54, 1.807) is 0 Å². The van der Waals surface area contributed by atoms with Gasteiger partial charge in [0.05, 0.1) is 28.2 Å². The first-order valence-corrected chi connectivity index (χ1v) is 11.1. The van der Waals surface area contributed by atoms with E-state index in [0.717, 1.165) is 30.2 Å². The first-order chi connectivity index (χ1) is 12.9. The van der Waals surface area contributed by atoms with Gasteiger partial charge in [-0.15, -0.1) is 23.1 Å². The minimum Gasteiger partial charge on any atom is -0.373 e. The van der Waals surface area contributed by atoms with Gasteiger partial charge < -0.3 is 10.1 Å². The van der Waals surface area contributed by atoms with Crippen LogP contribution in [0.1, 0.15) is 26.5 Å². The summed E-state index contributed by atoms with van der Waals surface area (Å²) >= 11 is 9.08. The van der Waals surface area contributed by atoms with Crippen LogP contribution in [0.15, 0.2) is 34.5 Å². The van der Waals surface area contributed by atoms with Crippen molar-refractivity contribution in [2.75, 3.05) is 18.4 Å². The van der Waals surface area contributed by atoms with Gasteiger partial charge in [-0.05, 0) is 32.9 Å². The number of thiazole rings is 1. The number of halogens is 1. The summed E-state index contributed by atoms with van der Waals surface area (Å²) in [5.74, 6) is -0.0746. The number of thioether (sulfide) groups is 1. The van der Waals surface area contributed by atoms with E-state index in [1.165, 1.54) is 23.1 Å². The van der Waals surface area contributed by atoms with Crippen LogP contribution in [0.2, 0.25) is 5.02 Å². The van der Waals surface area contributed by atoms with E-state index in [0.29, 0.717) is 10.2 Å². The molecule has 0 spiro atoms. The Balaban J connectivity index is 1.54. The Morgan fingerprint density at radius 2 is 2.11 bits per heavy atom. The Bertz CT molecular complexity index is 776. The monoisotopic (exact) mass is 425 g/mol. The fourth-order valence-corrected chi connectivity index (χ4v) is 4.93. The number of nitrogens with one attached hydrogen (secondary N) is 1. The molecule has 1 N–H and O–H groups in total. The molecule has 1 aliphatic rings. The minimum atomic E-state index is -0.266. The number of hydrogen-bond donors (Lipinski definition) is 1. The second-order valence-corrected chi connectivity index (χ2v) is 9.42. The molecule has 1 aliphatic heterocycles. The standard InChI is InChI=1S/C19H24ClN3O2S2/c1-12-8-23(9-13(2)25-12)10-15-11-26-19(21-15)22-18(24)14(3)27-17-7-5-4-6-16(17)20/h4-7,11-14H,8-10H2,1-3H3,(H,21,22,24). The molecule has 0 aliphatic carbocycles. The first kappa shape index (κ1) is 20.6. The molecule has 3 unspecified atom stereocenters. The van der Waals surface area contributed by atoms with E-state index < -0.39 is 0 Å². The van der Waals surface area contributed by atoms with Crippen LogP contribution in [0, 0.1) is 0 Å². The molecule has 1 amide bonds. The highest BCUT2D eigenvalue weighted by atomic mass is 35.5. The fraction of sp³-hybridized carbons (Fsp3) is 0.474. The van der Waals surface area contributed by atoms with Crippen LogP contribution >= 0.6 is 34.7 Å². The highest BCUT2D eigenvalue weighted by Crippen LogP contribution is 2.30. The Morgan fingerprint density at radius 3 is 2.81 bits per heavy atom. The molecule has 1 saturated heterocycles. The van der Waals surface area contributed by atoms with Crippen molar-refractivity contribution in [3.63, 3.8) is 0 Å². The van der Waals surface area contributed by atoms with Crippen LogP contribution < -0.4 is 5.32 Å². The van der Waals surface area contributed by atoms with Crippen molar-refractivity contribution in [1.82, 2.24) is 9.88 Å². The number of aromatic nitrogens is 1. The van der Waals surface area contributed by atoms with Gasteiger partial charge in [0.2, 0.25) is 5.91 Å². The molecule has 2 heterocycles. The molecule has 3 rings (SSSR count). The molecule has 3 atom stereocenters. The smallest absolute Gasteiger partial charge is 0.239 e. The highest BCUT2D eigenvalue weighted by molar-refractivity contribution is 8.00. The van der Waals surface area contributed by atoms with Crippen molar-refractivity contribution in [1.29, 1.82) is 0 Å². The number of morpholine rings is 1. The quantitative estimate of drug-likeness (QED) is 0.689. The van der Waals surface area contributed by atoms with E-state index in [-0.39, 0.29) is 23.4 Å². The second-order valence-electron chi connectivity index (χ2n) is 6.78. The molecule has 0 saturated carbocycles. The predicted octanol–water partition coefficient (Wildman–Crippen LogP) is 4.53. The van der Waals surface area contributed by atoms with Gasteiger partial charge in [0, 0.05) is 29.9 Å². The second kappa shape index (κ2) is 9.39. The van der Waals surface area contributed by atoms with Crippen LogP contribution in [0.3, 0.4) is 0 Å². The number of hydrogen-bond acceptors (Lipinski definition) is 6. The maximum atomic E-state index is 12.5. The van der Waals surface area contributed by atoms with Crippen molar-refractivity contribution in [2.24, 2.45) is 0 Å². The largest absolute Gasteiger partial charge is 0.373 e. The maximum absolute atomic E-state index is 12.5. The van der Waals surface area contributed by atoms with E-state index >= 15 is 0 Å². The average Bonchev–Trinajstić information content (AvgIpc) is 3.02. The van der Waals surface area contributed by atoms with Crippen molar-refractivity contribution >= 4 is 45.7 Å². The van der Waals surface area contributed by atoms with Crippen LogP contribution in [-0.2, 0) is 16.1 Å². The van der Waals surface area contributed by atoms with Crippen LogP contribution in [0.5, 0.6) is 0 Å².